The lowest BCUT2D eigenvalue weighted by atomic mass is 10.3. The topological polar surface area (TPSA) is 68.5 Å². The Bertz CT molecular complexity index is 464. The maximum absolute atomic E-state index is 4.00. The monoisotopic (exact) mass is 218 g/mol. The van der Waals surface area contributed by atoms with Crippen LogP contribution >= 0.6 is 0 Å². The van der Waals surface area contributed by atoms with Crippen molar-refractivity contribution >= 4 is 5.82 Å². The van der Waals surface area contributed by atoms with Crippen LogP contribution in [-0.4, -0.2) is 31.5 Å². The summed E-state index contributed by atoms with van der Waals surface area (Å²) in [6.07, 6.45) is 4.24. The lowest BCUT2D eigenvalue weighted by Gasteiger charge is -2.04. The van der Waals surface area contributed by atoms with Crippen LogP contribution in [0.1, 0.15) is 11.4 Å². The maximum atomic E-state index is 4.00. The third kappa shape index (κ3) is 2.53. The number of hydrogen-bond donors (Lipinski definition) is 1. The highest BCUT2D eigenvalue weighted by atomic mass is 15.2. The van der Waals surface area contributed by atoms with Gasteiger partial charge in [0.25, 0.3) is 0 Å². The molecular formula is C10H14N6. The van der Waals surface area contributed by atoms with Crippen molar-refractivity contribution in [1.82, 2.24) is 25.0 Å². The Hall–Kier alpha value is -1.98. The molecule has 6 nitrogen and oxygen atoms in total. The van der Waals surface area contributed by atoms with Crippen molar-refractivity contribution < 1.29 is 0 Å². The Kier molecular flexibility index (Phi) is 3.09. The van der Waals surface area contributed by atoms with Crippen LogP contribution in [0.5, 0.6) is 0 Å². The summed E-state index contributed by atoms with van der Waals surface area (Å²) < 4.78 is 1.91. The molecule has 0 fully saturated rings. The summed E-state index contributed by atoms with van der Waals surface area (Å²) in [5.41, 5.74) is 1.09. The van der Waals surface area contributed by atoms with E-state index in [0.717, 1.165) is 30.2 Å². The van der Waals surface area contributed by atoms with Crippen LogP contribution in [0, 0.1) is 6.92 Å². The summed E-state index contributed by atoms with van der Waals surface area (Å²) in [5, 5.41) is 18.9. The van der Waals surface area contributed by atoms with E-state index in [1.807, 2.05) is 24.6 Å². The zero-order valence-corrected chi connectivity index (χ0v) is 9.38. The summed E-state index contributed by atoms with van der Waals surface area (Å²) in [6, 6.07) is 1.96. The van der Waals surface area contributed by atoms with Gasteiger partial charge in [0.05, 0.1) is 6.20 Å². The van der Waals surface area contributed by atoms with Crippen LogP contribution in [0.4, 0.5) is 5.82 Å². The molecule has 2 rings (SSSR count). The van der Waals surface area contributed by atoms with E-state index in [0.29, 0.717) is 0 Å². The largest absolute Gasteiger partial charge is 0.368 e. The third-order valence-electron chi connectivity index (χ3n) is 2.25. The predicted octanol–water partition coefficient (Wildman–Crippen LogP) is 0.568. The second-order valence-electron chi connectivity index (χ2n) is 3.65. The van der Waals surface area contributed by atoms with Crippen LogP contribution in [0.3, 0.4) is 0 Å². The minimum atomic E-state index is 0.769. The third-order valence-corrected chi connectivity index (χ3v) is 2.25. The fourth-order valence-corrected chi connectivity index (χ4v) is 1.39. The molecule has 2 aromatic rings. The van der Waals surface area contributed by atoms with E-state index >= 15 is 0 Å². The van der Waals surface area contributed by atoms with Gasteiger partial charge in [0.2, 0.25) is 0 Å². The quantitative estimate of drug-likeness (QED) is 0.812. The molecule has 2 aromatic heterocycles. The summed E-state index contributed by atoms with van der Waals surface area (Å²) in [5.74, 6) is 1.75. The molecule has 16 heavy (non-hydrogen) atoms. The first-order valence-corrected chi connectivity index (χ1v) is 5.12. The average molecular weight is 218 g/mol. The first-order chi connectivity index (χ1) is 7.75. The molecule has 0 aliphatic rings. The Morgan fingerprint density at radius 2 is 2.19 bits per heavy atom. The van der Waals surface area contributed by atoms with Crippen molar-refractivity contribution in [3.63, 3.8) is 0 Å². The molecular weight excluding hydrogens is 204 g/mol. The molecule has 0 saturated carbocycles. The van der Waals surface area contributed by atoms with Crippen LogP contribution in [0.2, 0.25) is 0 Å². The van der Waals surface area contributed by atoms with Gasteiger partial charge in [-0.25, -0.2) is 0 Å². The van der Waals surface area contributed by atoms with Crippen LogP contribution in [0.15, 0.2) is 18.6 Å². The molecule has 2 heterocycles. The molecule has 0 unspecified atom stereocenters. The highest BCUT2D eigenvalue weighted by Crippen LogP contribution is 2.03. The molecule has 0 spiro atoms. The van der Waals surface area contributed by atoms with Crippen molar-refractivity contribution in [3.8, 4) is 0 Å². The van der Waals surface area contributed by atoms with Gasteiger partial charge in [-0.1, -0.05) is 0 Å². The molecule has 84 valence electrons. The molecule has 0 aliphatic carbocycles. The lowest BCUT2D eigenvalue weighted by molar-refractivity contribution is 0.786. The van der Waals surface area contributed by atoms with Gasteiger partial charge in [0, 0.05) is 20.0 Å². The minimum Gasteiger partial charge on any atom is -0.368 e. The predicted molar refractivity (Wildman–Crippen MR) is 60.0 cm³/mol. The summed E-state index contributed by atoms with van der Waals surface area (Å²) in [4.78, 5) is 0. The normalized spacial score (nSPS) is 10.4. The first kappa shape index (κ1) is 10.5. The van der Waals surface area contributed by atoms with Gasteiger partial charge in [-0.15, -0.1) is 15.3 Å². The number of rotatable bonds is 4. The second kappa shape index (κ2) is 4.69. The Labute approximate surface area is 93.7 Å². The molecule has 0 saturated heterocycles. The van der Waals surface area contributed by atoms with E-state index in [-0.39, 0.29) is 0 Å². The Morgan fingerprint density at radius 3 is 2.88 bits per heavy atom. The highest BCUT2D eigenvalue weighted by Gasteiger charge is 2.00. The molecule has 0 aromatic carbocycles. The summed E-state index contributed by atoms with van der Waals surface area (Å²) in [7, 11) is 1.93. The van der Waals surface area contributed by atoms with Gasteiger partial charge in [0.15, 0.2) is 0 Å². The number of aromatic nitrogens is 5. The van der Waals surface area contributed by atoms with Gasteiger partial charge >= 0.3 is 0 Å². The number of nitrogens with one attached hydrogen (secondary N) is 1. The van der Waals surface area contributed by atoms with Crippen molar-refractivity contribution in [3.05, 3.63) is 30.0 Å². The van der Waals surface area contributed by atoms with Crippen molar-refractivity contribution in [2.45, 2.75) is 13.3 Å². The number of aryl methyl sites for hydroxylation is 2. The number of hydrogen-bond acceptors (Lipinski definition) is 5. The molecule has 0 radical (unpaired) electrons. The lowest BCUT2D eigenvalue weighted by Crippen LogP contribution is -2.10. The van der Waals surface area contributed by atoms with Crippen molar-refractivity contribution in [2.75, 3.05) is 11.9 Å². The smallest absolute Gasteiger partial charge is 0.148 e. The van der Waals surface area contributed by atoms with E-state index in [2.05, 4.69) is 25.7 Å². The fourth-order valence-electron chi connectivity index (χ4n) is 1.39. The van der Waals surface area contributed by atoms with Crippen LogP contribution in [-0.2, 0) is 13.5 Å². The van der Waals surface area contributed by atoms with Gasteiger partial charge in [-0.2, -0.15) is 5.10 Å². The summed E-state index contributed by atoms with van der Waals surface area (Å²) in [6.45, 7) is 2.76. The molecule has 0 amide bonds. The standard InChI is InChI=1S/C10H14N6/c1-8-5-9(14-12-6-8)11-4-3-10-15-13-7-16(10)2/h5-7H,3-4H2,1-2H3,(H,11,14). The molecule has 0 aliphatic heterocycles. The van der Waals surface area contributed by atoms with E-state index in [1.165, 1.54) is 0 Å². The van der Waals surface area contributed by atoms with Gasteiger partial charge in [-0.05, 0) is 18.6 Å². The SMILES string of the molecule is Cc1cnnc(NCCc2nncn2C)c1. The summed E-state index contributed by atoms with van der Waals surface area (Å²) >= 11 is 0. The molecule has 0 atom stereocenters. The average Bonchev–Trinajstić information content (AvgIpc) is 2.65. The van der Waals surface area contributed by atoms with Gasteiger partial charge in [0.1, 0.15) is 18.0 Å². The van der Waals surface area contributed by atoms with E-state index in [9.17, 15) is 0 Å². The van der Waals surface area contributed by atoms with Crippen molar-refractivity contribution in [2.24, 2.45) is 7.05 Å². The molecule has 6 heteroatoms. The zero-order chi connectivity index (χ0) is 11.4. The maximum Gasteiger partial charge on any atom is 0.148 e. The van der Waals surface area contributed by atoms with Gasteiger partial charge < -0.3 is 9.88 Å². The highest BCUT2D eigenvalue weighted by molar-refractivity contribution is 5.34. The number of nitrogens with zero attached hydrogens (tertiary/aromatic N) is 5. The molecule has 1 N–H and O–H groups in total. The fraction of sp³-hybridized carbons (Fsp3) is 0.400. The Morgan fingerprint density at radius 1 is 1.31 bits per heavy atom. The van der Waals surface area contributed by atoms with E-state index < -0.39 is 0 Å². The van der Waals surface area contributed by atoms with Gasteiger partial charge in [-0.3, -0.25) is 0 Å². The zero-order valence-electron chi connectivity index (χ0n) is 9.38. The second-order valence-corrected chi connectivity index (χ2v) is 3.65. The van der Waals surface area contributed by atoms with Crippen molar-refractivity contribution in [1.29, 1.82) is 0 Å². The number of anilines is 1. The minimum absolute atomic E-state index is 0.769. The van der Waals surface area contributed by atoms with Crippen LogP contribution < -0.4 is 5.32 Å². The van der Waals surface area contributed by atoms with Crippen LogP contribution in [0.25, 0.3) is 0 Å². The Balaban J connectivity index is 1.87. The first-order valence-electron chi connectivity index (χ1n) is 5.12. The molecule has 0 bridgehead atoms. The van der Waals surface area contributed by atoms with E-state index in [1.54, 1.807) is 12.5 Å². The van der Waals surface area contributed by atoms with E-state index in [4.69, 9.17) is 0 Å².